The second kappa shape index (κ2) is 7.64. The normalized spacial score (nSPS) is 10.7. The molecule has 0 saturated carbocycles. The van der Waals surface area contributed by atoms with Gasteiger partial charge in [-0.15, -0.1) is 0 Å². The molecular weight excluding hydrogens is 358 g/mol. The van der Waals surface area contributed by atoms with E-state index < -0.39 is 0 Å². The maximum Gasteiger partial charge on any atom is 0.131 e. The van der Waals surface area contributed by atoms with Crippen LogP contribution < -0.4 is 10.1 Å². The molecule has 2 aromatic heterocycles. The molecule has 0 radical (unpaired) electrons. The van der Waals surface area contributed by atoms with Gasteiger partial charge in [0.25, 0.3) is 0 Å². The molecule has 0 unspecified atom stereocenters. The Kier molecular flexibility index (Phi) is 4.90. The lowest BCUT2D eigenvalue weighted by Crippen LogP contribution is -2.01. The molecular formula is C22H18ClN3O. The SMILES string of the molecule is Cc1c(Nc2ccc3cccc(Cl)c3n2)cccc1OCc1cccnc1. The van der Waals surface area contributed by atoms with E-state index in [2.05, 4.69) is 15.3 Å². The van der Waals surface area contributed by atoms with Gasteiger partial charge in [0.05, 0.1) is 10.5 Å². The zero-order chi connectivity index (χ0) is 18.6. The van der Waals surface area contributed by atoms with Crippen LogP contribution in [0.2, 0.25) is 5.02 Å². The number of nitrogens with one attached hydrogen (secondary N) is 1. The maximum absolute atomic E-state index is 6.27. The smallest absolute Gasteiger partial charge is 0.131 e. The third-order valence-electron chi connectivity index (χ3n) is 4.33. The summed E-state index contributed by atoms with van der Waals surface area (Å²) in [6, 6.07) is 19.5. The highest BCUT2D eigenvalue weighted by atomic mass is 35.5. The van der Waals surface area contributed by atoms with Gasteiger partial charge in [0, 0.05) is 34.6 Å². The van der Waals surface area contributed by atoms with Crippen LogP contribution in [-0.2, 0) is 6.61 Å². The Morgan fingerprint density at radius 1 is 1.00 bits per heavy atom. The summed E-state index contributed by atoms with van der Waals surface area (Å²) in [5.41, 5.74) is 3.77. The summed E-state index contributed by atoms with van der Waals surface area (Å²) in [5, 5.41) is 5.02. The van der Waals surface area contributed by atoms with Crippen molar-refractivity contribution in [2.24, 2.45) is 0 Å². The first-order chi connectivity index (χ1) is 13.2. The van der Waals surface area contributed by atoms with E-state index in [4.69, 9.17) is 16.3 Å². The monoisotopic (exact) mass is 375 g/mol. The fraction of sp³-hybridized carbons (Fsp3) is 0.0909. The lowest BCUT2D eigenvalue weighted by Gasteiger charge is -2.14. The van der Waals surface area contributed by atoms with Crippen molar-refractivity contribution in [1.82, 2.24) is 9.97 Å². The number of hydrogen-bond acceptors (Lipinski definition) is 4. The summed E-state index contributed by atoms with van der Waals surface area (Å²) in [6.45, 7) is 2.50. The minimum atomic E-state index is 0.474. The third-order valence-corrected chi connectivity index (χ3v) is 4.64. The largest absolute Gasteiger partial charge is 0.488 e. The summed E-state index contributed by atoms with van der Waals surface area (Å²) in [4.78, 5) is 8.76. The number of anilines is 2. The zero-order valence-corrected chi connectivity index (χ0v) is 15.6. The highest BCUT2D eigenvalue weighted by Gasteiger charge is 2.08. The third kappa shape index (κ3) is 3.86. The molecule has 1 N–H and O–H groups in total. The number of ether oxygens (including phenoxy) is 1. The van der Waals surface area contributed by atoms with Crippen LogP contribution in [0.25, 0.3) is 10.9 Å². The second-order valence-corrected chi connectivity index (χ2v) is 6.62. The van der Waals surface area contributed by atoms with E-state index in [0.29, 0.717) is 11.6 Å². The summed E-state index contributed by atoms with van der Waals surface area (Å²) < 4.78 is 5.97. The van der Waals surface area contributed by atoms with E-state index in [1.54, 1.807) is 12.4 Å². The quantitative estimate of drug-likeness (QED) is 0.470. The molecule has 4 rings (SSSR count). The number of fused-ring (bicyclic) bond motifs is 1. The average molecular weight is 376 g/mol. The lowest BCUT2D eigenvalue weighted by atomic mass is 10.1. The molecule has 0 saturated heterocycles. The Morgan fingerprint density at radius 3 is 2.74 bits per heavy atom. The minimum Gasteiger partial charge on any atom is -0.488 e. The van der Waals surface area contributed by atoms with Crippen LogP contribution in [0, 0.1) is 6.92 Å². The van der Waals surface area contributed by atoms with E-state index in [1.807, 2.05) is 67.6 Å². The number of rotatable bonds is 5. The van der Waals surface area contributed by atoms with E-state index >= 15 is 0 Å². The van der Waals surface area contributed by atoms with Crippen molar-refractivity contribution < 1.29 is 4.74 Å². The minimum absolute atomic E-state index is 0.474. The Labute approximate surface area is 162 Å². The first-order valence-corrected chi connectivity index (χ1v) is 9.02. The molecule has 0 bridgehead atoms. The van der Waals surface area contributed by atoms with Crippen molar-refractivity contribution in [3.05, 3.63) is 89.2 Å². The Hall–Kier alpha value is -3.11. The average Bonchev–Trinajstić information content (AvgIpc) is 2.70. The molecule has 0 aliphatic heterocycles. The highest BCUT2D eigenvalue weighted by Crippen LogP contribution is 2.29. The number of hydrogen-bond donors (Lipinski definition) is 1. The van der Waals surface area contributed by atoms with Crippen LogP contribution >= 0.6 is 11.6 Å². The zero-order valence-electron chi connectivity index (χ0n) is 14.8. The fourth-order valence-electron chi connectivity index (χ4n) is 2.87. The number of pyridine rings is 2. The predicted octanol–water partition coefficient (Wildman–Crippen LogP) is 5.91. The standard InChI is InChI=1S/C22H18ClN3O/c1-15-19(8-3-9-20(15)27-14-16-5-4-12-24-13-16)25-21-11-10-17-6-2-7-18(23)22(17)26-21/h2-13H,14H2,1H3,(H,25,26). The van der Waals surface area contributed by atoms with Crippen molar-refractivity contribution in [3.8, 4) is 5.75 Å². The van der Waals surface area contributed by atoms with E-state index in [0.717, 1.165) is 39.3 Å². The van der Waals surface area contributed by atoms with Gasteiger partial charge in [0.2, 0.25) is 0 Å². The first-order valence-electron chi connectivity index (χ1n) is 8.64. The summed E-state index contributed by atoms with van der Waals surface area (Å²) >= 11 is 6.27. The Morgan fingerprint density at radius 2 is 1.89 bits per heavy atom. The number of benzene rings is 2. The lowest BCUT2D eigenvalue weighted by molar-refractivity contribution is 0.304. The molecule has 4 nitrogen and oxygen atoms in total. The Bertz CT molecular complexity index is 1080. The number of para-hydroxylation sites is 1. The number of nitrogens with zero attached hydrogens (tertiary/aromatic N) is 2. The molecule has 0 atom stereocenters. The van der Waals surface area contributed by atoms with Crippen molar-refractivity contribution in [2.75, 3.05) is 5.32 Å². The van der Waals surface area contributed by atoms with Gasteiger partial charge in [-0.3, -0.25) is 4.98 Å². The molecule has 0 amide bonds. The van der Waals surface area contributed by atoms with Crippen LogP contribution in [-0.4, -0.2) is 9.97 Å². The van der Waals surface area contributed by atoms with Gasteiger partial charge in [-0.25, -0.2) is 4.98 Å². The van der Waals surface area contributed by atoms with Gasteiger partial charge in [0.15, 0.2) is 0 Å². The van der Waals surface area contributed by atoms with Crippen LogP contribution in [0.5, 0.6) is 5.75 Å². The molecule has 4 aromatic rings. The number of halogens is 1. The van der Waals surface area contributed by atoms with Crippen LogP contribution in [0.15, 0.2) is 73.1 Å². The topological polar surface area (TPSA) is 47.0 Å². The van der Waals surface area contributed by atoms with E-state index in [9.17, 15) is 0 Å². The molecule has 134 valence electrons. The van der Waals surface area contributed by atoms with Gasteiger partial charge >= 0.3 is 0 Å². The van der Waals surface area contributed by atoms with Gasteiger partial charge in [0.1, 0.15) is 18.2 Å². The predicted molar refractivity (Wildman–Crippen MR) is 110 cm³/mol. The molecule has 5 heteroatoms. The highest BCUT2D eigenvalue weighted by molar-refractivity contribution is 6.35. The summed E-state index contributed by atoms with van der Waals surface area (Å²) in [6.07, 6.45) is 3.56. The summed E-state index contributed by atoms with van der Waals surface area (Å²) in [7, 11) is 0. The van der Waals surface area contributed by atoms with Gasteiger partial charge in [-0.05, 0) is 43.3 Å². The van der Waals surface area contributed by atoms with E-state index in [-0.39, 0.29) is 0 Å². The molecule has 0 aliphatic carbocycles. The van der Waals surface area contributed by atoms with Crippen LogP contribution in [0.3, 0.4) is 0 Å². The number of aromatic nitrogens is 2. The van der Waals surface area contributed by atoms with Gasteiger partial charge in [-0.1, -0.05) is 35.9 Å². The van der Waals surface area contributed by atoms with Crippen LogP contribution in [0.4, 0.5) is 11.5 Å². The van der Waals surface area contributed by atoms with Gasteiger partial charge < -0.3 is 10.1 Å². The van der Waals surface area contributed by atoms with Crippen molar-refractivity contribution in [1.29, 1.82) is 0 Å². The molecule has 27 heavy (non-hydrogen) atoms. The fourth-order valence-corrected chi connectivity index (χ4v) is 3.09. The maximum atomic E-state index is 6.27. The van der Waals surface area contributed by atoms with Crippen molar-refractivity contribution in [2.45, 2.75) is 13.5 Å². The van der Waals surface area contributed by atoms with Crippen molar-refractivity contribution in [3.63, 3.8) is 0 Å². The van der Waals surface area contributed by atoms with Crippen LogP contribution in [0.1, 0.15) is 11.1 Å². The Balaban J connectivity index is 1.56. The van der Waals surface area contributed by atoms with E-state index in [1.165, 1.54) is 0 Å². The molecule has 2 heterocycles. The molecule has 0 spiro atoms. The molecule has 0 fully saturated rings. The van der Waals surface area contributed by atoms with Gasteiger partial charge in [-0.2, -0.15) is 0 Å². The summed E-state index contributed by atoms with van der Waals surface area (Å²) in [5.74, 6) is 1.56. The first kappa shape index (κ1) is 17.3. The second-order valence-electron chi connectivity index (χ2n) is 6.21. The van der Waals surface area contributed by atoms with Crippen molar-refractivity contribution >= 4 is 34.0 Å². The molecule has 2 aromatic carbocycles. The molecule has 0 aliphatic rings.